The summed E-state index contributed by atoms with van der Waals surface area (Å²) in [5.41, 5.74) is 3.48. The lowest BCUT2D eigenvalue weighted by Gasteiger charge is -2.20. The van der Waals surface area contributed by atoms with Gasteiger partial charge in [-0.1, -0.05) is 24.3 Å². The van der Waals surface area contributed by atoms with Gasteiger partial charge in [0.15, 0.2) is 17.8 Å². The van der Waals surface area contributed by atoms with Crippen molar-refractivity contribution in [1.29, 1.82) is 5.26 Å². The first-order valence-corrected chi connectivity index (χ1v) is 11.6. The summed E-state index contributed by atoms with van der Waals surface area (Å²) < 4.78 is 30.7. The van der Waals surface area contributed by atoms with Gasteiger partial charge in [0.05, 0.1) is 17.9 Å². The molecule has 2 aromatic carbocycles. The zero-order valence-electron chi connectivity index (χ0n) is 20.2. The van der Waals surface area contributed by atoms with Crippen LogP contribution in [0.2, 0.25) is 0 Å². The molecule has 188 valence electrons. The second-order valence-corrected chi connectivity index (χ2v) is 8.96. The molecule has 37 heavy (non-hydrogen) atoms. The average Bonchev–Trinajstić information content (AvgIpc) is 3.59. The number of aryl methyl sites for hydroxylation is 1. The summed E-state index contributed by atoms with van der Waals surface area (Å²) in [5.74, 6) is -1.84. The Kier molecular flexibility index (Phi) is 6.31. The van der Waals surface area contributed by atoms with Crippen molar-refractivity contribution < 1.29 is 13.6 Å². The molecule has 0 radical (unpaired) electrons. The minimum Gasteiger partial charge on any atom is -0.333 e. The van der Waals surface area contributed by atoms with Gasteiger partial charge in [-0.25, -0.2) is 18.3 Å². The number of rotatable bonds is 5. The van der Waals surface area contributed by atoms with Crippen LogP contribution in [0.5, 0.6) is 0 Å². The summed E-state index contributed by atoms with van der Waals surface area (Å²) in [6.07, 6.45) is 5.63. The van der Waals surface area contributed by atoms with Crippen LogP contribution >= 0.6 is 0 Å². The van der Waals surface area contributed by atoms with Crippen LogP contribution in [0.4, 0.5) is 19.4 Å². The molecule has 2 atom stereocenters. The lowest BCUT2D eigenvalue weighted by molar-refractivity contribution is 0.247. The van der Waals surface area contributed by atoms with Gasteiger partial charge in [0.25, 0.3) is 0 Å². The molecule has 0 unspecified atom stereocenters. The second kappa shape index (κ2) is 9.73. The molecule has 11 heteroatoms. The molecule has 1 fully saturated rings. The summed E-state index contributed by atoms with van der Waals surface area (Å²) in [4.78, 5) is 14.7. The molecule has 4 aromatic rings. The van der Waals surface area contributed by atoms with Gasteiger partial charge < -0.3 is 10.2 Å². The monoisotopic (exact) mass is 502 g/mol. The van der Waals surface area contributed by atoms with E-state index in [2.05, 4.69) is 21.9 Å². The highest BCUT2D eigenvalue weighted by atomic mass is 19.2. The smallest absolute Gasteiger partial charge is 0.320 e. The minimum absolute atomic E-state index is 0.242. The topological polar surface area (TPSA) is 104 Å². The number of anilines is 1. The first kappa shape index (κ1) is 24.0. The van der Waals surface area contributed by atoms with E-state index in [9.17, 15) is 18.8 Å². The number of halogens is 2. The van der Waals surface area contributed by atoms with Crippen LogP contribution in [0, 0.1) is 30.0 Å². The van der Waals surface area contributed by atoms with Crippen molar-refractivity contribution in [2.24, 2.45) is 7.05 Å². The molecule has 9 nitrogen and oxygen atoms in total. The van der Waals surface area contributed by atoms with Crippen molar-refractivity contribution in [2.75, 3.05) is 18.4 Å². The van der Waals surface area contributed by atoms with Crippen molar-refractivity contribution >= 4 is 11.8 Å². The zero-order chi connectivity index (χ0) is 26.1. The Morgan fingerprint density at radius 3 is 2.59 bits per heavy atom. The Hall–Kier alpha value is -4.72. The Labute approximate surface area is 211 Å². The maximum absolute atomic E-state index is 13.9. The molecular weight excluding hydrogens is 478 g/mol. The molecule has 2 aromatic heterocycles. The van der Waals surface area contributed by atoms with Crippen LogP contribution in [-0.2, 0) is 7.05 Å². The van der Waals surface area contributed by atoms with Crippen molar-refractivity contribution in [3.63, 3.8) is 0 Å². The molecular formula is C26H24F2N8O. The third-order valence-corrected chi connectivity index (χ3v) is 6.48. The number of urea groups is 1. The van der Waals surface area contributed by atoms with E-state index in [1.807, 2.05) is 50.5 Å². The predicted molar refractivity (Wildman–Crippen MR) is 133 cm³/mol. The molecule has 0 bridgehead atoms. The van der Waals surface area contributed by atoms with Crippen molar-refractivity contribution in [3.05, 3.63) is 83.7 Å². The number of hydrogen-bond acceptors (Lipinski definition) is 5. The van der Waals surface area contributed by atoms with Crippen molar-refractivity contribution in [3.8, 4) is 23.1 Å². The van der Waals surface area contributed by atoms with Gasteiger partial charge >= 0.3 is 6.03 Å². The van der Waals surface area contributed by atoms with Gasteiger partial charge in [-0.05, 0) is 36.8 Å². The SMILES string of the molecule is Cc1c(-c2cnn(C)c2)nn(-c2ccccc2)c1NC(=O)N[C@@H]1CN(C#N)C[C@H]1c1ccc(F)c(F)c1. The van der Waals surface area contributed by atoms with Gasteiger partial charge in [0.1, 0.15) is 11.5 Å². The zero-order valence-corrected chi connectivity index (χ0v) is 20.2. The number of nitriles is 1. The number of para-hydroxylation sites is 1. The fraction of sp³-hybridized carbons (Fsp3) is 0.231. The molecule has 0 aliphatic carbocycles. The second-order valence-electron chi connectivity index (χ2n) is 8.96. The summed E-state index contributed by atoms with van der Waals surface area (Å²) in [6, 6.07) is 12.0. The van der Waals surface area contributed by atoms with Gasteiger partial charge in [0, 0.05) is 43.4 Å². The quantitative estimate of drug-likeness (QED) is 0.403. The van der Waals surface area contributed by atoms with Crippen molar-refractivity contribution in [2.45, 2.75) is 18.9 Å². The Morgan fingerprint density at radius 2 is 1.92 bits per heavy atom. The molecule has 0 spiro atoms. The predicted octanol–water partition coefficient (Wildman–Crippen LogP) is 3.93. The molecule has 2 N–H and O–H groups in total. The van der Waals surface area contributed by atoms with E-state index in [4.69, 9.17) is 5.10 Å². The number of nitrogens with one attached hydrogen (secondary N) is 2. The van der Waals surface area contributed by atoms with E-state index in [0.717, 1.165) is 28.9 Å². The van der Waals surface area contributed by atoms with Gasteiger partial charge in [-0.3, -0.25) is 10.00 Å². The van der Waals surface area contributed by atoms with E-state index in [1.165, 1.54) is 11.0 Å². The highest BCUT2D eigenvalue weighted by Crippen LogP contribution is 2.31. The number of nitrogens with zero attached hydrogens (tertiary/aromatic N) is 6. The Balaban J connectivity index is 1.43. The Morgan fingerprint density at radius 1 is 1.14 bits per heavy atom. The van der Waals surface area contributed by atoms with Crippen LogP contribution in [0.1, 0.15) is 17.0 Å². The minimum atomic E-state index is -0.971. The number of aromatic nitrogens is 4. The standard InChI is InChI=1S/C26H24F2N8O/c1-16-24(18-11-30-34(2)12-18)33-36(19-6-4-3-5-7-19)25(16)32-26(37)31-23-14-35(15-29)13-20(23)17-8-9-21(27)22(28)10-17/h3-12,20,23H,13-14H2,1-2H3,(H2,31,32,37)/t20-,23+/m0/s1. The summed E-state index contributed by atoms with van der Waals surface area (Å²) >= 11 is 0. The summed E-state index contributed by atoms with van der Waals surface area (Å²) in [5, 5.41) is 24.2. The van der Waals surface area contributed by atoms with E-state index in [0.29, 0.717) is 17.1 Å². The first-order valence-electron chi connectivity index (χ1n) is 11.6. The maximum Gasteiger partial charge on any atom is 0.320 e. The fourth-order valence-electron chi connectivity index (χ4n) is 4.64. The molecule has 3 heterocycles. The molecule has 1 saturated heterocycles. The van der Waals surface area contributed by atoms with Crippen LogP contribution in [-0.4, -0.2) is 49.6 Å². The normalized spacial score (nSPS) is 17.0. The number of hydrogen-bond donors (Lipinski definition) is 2. The van der Waals surface area contributed by atoms with E-state index in [1.54, 1.807) is 15.6 Å². The van der Waals surface area contributed by atoms with Gasteiger partial charge in [0.2, 0.25) is 0 Å². The van der Waals surface area contributed by atoms with E-state index >= 15 is 0 Å². The number of carbonyl (C=O) groups excluding carboxylic acids is 1. The van der Waals surface area contributed by atoms with E-state index in [-0.39, 0.29) is 13.1 Å². The number of likely N-dealkylation sites (tertiary alicyclic amines) is 1. The summed E-state index contributed by atoms with van der Waals surface area (Å²) in [7, 11) is 1.81. The van der Waals surface area contributed by atoms with Gasteiger partial charge in [-0.15, -0.1) is 0 Å². The molecule has 1 aliphatic heterocycles. The molecule has 0 saturated carbocycles. The average molecular weight is 503 g/mol. The number of amides is 2. The lowest BCUT2D eigenvalue weighted by atomic mass is 9.94. The van der Waals surface area contributed by atoms with E-state index < -0.39 is 29.6 Å². The number of benzene rings is 2. The summed E-state index contributed by atoms with van der Waals surface area (Å²) in [6.45, 7) is 2.38. The van der Waals surface area contributed by atoms with Crippen LogP contribution in [0.3, 0.4) is 0 Å². The maximum atomic E-state index is 13.9. The number of carbonyl (C=O) groups is 1. The first-order chi connectivity index (χ1) is 17.8. The highest BCUT2D eigenvalue weighted by Gasteiger charge is 2.35. The Bertz CT molecular complexity index is 1490. The molecule has 1 aliphatic rings. The van der Waals surface area contributed by atoms with Gasteiger partial charge in [-0.2, -0.15) is 15.5 Å². The third-order valence-electron chi connectivity index (χ3n) is 6.48. The van der Waals surface area contributed by atoms with Crippen LogP contribution < -0.4 is 10.6 Å². The highest BCUT2D eigenvalue weighted by molar-refractivity contribution is 5.91. The van der Waals surface area contributed by atoms with Crippen LogP contribution in [0.15, 0.2) is 60.9 Å². The molecule has 5 rings (SSSR count). The lowest BCUT2D eigenvalue weighted by Crippen LogP contribution is -2.42. The van der Waals surface area contributed by atoms with Crippen LogP contribution in [0.25, 0.3) is 16.9 Å². The van der Waals surface area contributed by atoms with Crippen molar-refractivity contribution in [1.82, 2.24) is 29.8 Å². The largest absolute Gasteiger partial charge is 0.333 e. The molecule has 2 amide bonds. The third kappa shape index (κ3) is 4.73. The fourth-order valence-corrected chi connectivity index (χ4v) is 4.64.